The number of halogens is 1. The molecule has 0 spiro atoms. The first-order chi connectivity index (χ1) is 8.15. The van der Waals surface area contributed by atoms with Crippen LogP contribution in [0.25, 0.3) is 22.1 Å². The molecule has 2 aromatic carbocycles. The number of aromatic hydroxyl groups is 1. The summed E-state index contributed by atoms with van der Waals surface area (Å²) >= 11 is 3.42. The Labute approximate surface area is 106 Å². The van der Waals surface area contributed by atoms with Crippen LogP contribution >= 0.6 is 15.9 Å². The highest BCUT2D eigenvalue weighted by molar-refractivity contribution is 9.10. The van der Waals surface area contributed by atoms with Crippen molar-refractivity contribution in [3.63, 3.8) is 0 Å². The zero-order chi connectivity index (χ0) is 12.0. The SMILES string of the molecule is Cc1ccc2nc3c(O)ccc(Br)c3nc2c1. The van der Waals surface area contributed by atoms with Gasteiger partial charge in [-0.3, -0.25) is 0 Å². The molecule has 4 heteroatoms. The minimum Gasteiger partial charge on any atom is -0.506 e. The Morgan fingerprint density at radius 2 is 1.76 bits per heavy atom. The number of benzene rings is 2. The van der Waals surface area contributed by atoms with Gasteiger partial charge in [-0.25, -0.2) is 9.97 Å². The number of aromatic nitrogens is 2. The van der Waals surface area contributed by atoms with Gasteiger partial charge < -0.3 is 5.11 Å². The molecule has 0 aliphatic heterocycles. The lowest BCUT2D eigenvalue weighted by Crippen LogP contribution is -1.89. The van der Waals surface area contributed by atoms with Crippen molar-refractivity contribution in [2.75, 3.05) is 0 Å². The maximum atomic E-state index is 9.79. The van der Waals surface area contributed by atoms with Crippen LogP contribution in [0.3, 0.4) is 0 Å². The highest BCUT2D eigenvalue weighted by Crippen LogP contribution is 2.29. The van der Waals surface area contributed by atoms with Gasteiger partial charge in [-0.15, -0.1) is 0 Å². The fourth-order valence-corrected chi connectivity index (χ4v) is 2.23. The van der Waals surface area contributed by atoms with E-state index in [2.05, 4.69) is 25.9 Å². The molecule has 1 N–H and O–H groups in total. The topological polar surface area (TPSA) is 46.0 Å². The summed E-state index contributed by atoms with van der Waals surface area (Å²) in [6.45, 7) is 2.02. The number of hydrogen-bond donors (Lipinski definition) is 1. The second-order valence-electron chi connectivity index (χ2n) is 3.98. The van der Waals surface area contributed by atoms with Crippen LogP contribution in [0.15, 0.2) is 34.8 Å². The van der Waals surface area contributed by atoms with Gasteiger partial charge in [0.1, 0.15) is 16.8 Å². The largest absolute Gasteiger partial charge is 0.506 e. The van der Waals surface area contributed by atoms with Gasteiger partial charge in [0.25, 0.3) is 0 Å². The molecule has 84 valence electrons. The minimum atomic E-state index is 0.151. The Morgan fingerprint density at radius 1 is 1.00 bits per heavy atom. The Balaban J connectivity index is 2.52. The third kappa shape index (κ3) is 1.65. The first-order valence-electron chi connectivity index (χ1n) is 5.21. The number of hydrogen-bond acceptors (Lipinski definition) is 3. The van der Waals surface area contributed by atoms with Crippen molar-refractivity contribution < 1.29 is 5.11 Å². The van der Waals surface area contributed by atoms with E-state index in [-0.39, 0.29) is 5.75 Å². The molecule has 3 nitrogen and oxygen atoms in total. The first kappa shape index (κ1) is 10.5. The quantitative estimate of drug-likeness (QED) is 0.644. The summed E-state index contributed by atoms with van der Waals surface area (Å²) in [6, 6.07) is 9.27. The Morgan fingerprint density at radius 3 is 2.59 bits per heavy atom. The van der Waals surface area contributed by atoms with Crippen LogP contribution in [0.4, 0.5) is 0 Å². The van der Waals surface area contributed by atoms with Gasteiger partial charge in [-0.05, 0) is 52.7 Å². The van der Waals surface area contributed by atoms with E-state index in [1.54, 1.807) is 12.1 Å². The normalized spacial score (nSPS) is 11.2. The standard InChI is InChI=1S/C13H9BrN2O/c1-7-2-4-9-10(6-7)16-12-8(14)3-5-11(17)13(12)15-9/h2-6,17H,1H3. The summed E-state index contributed by atoms with van der Waals surface area (Å²) in [5.41, 5.74) is 3.97. The van der Waals surface area contributed by atoms with Crippen molar-refractivity contribution in [3.05, 3.63) is 40.4 Å². The predicted molar refractivity (Wildman–Crippen MR) is 71.1 cm³/mol. The Hall–Kier alpha value is -1.68. The molecule has 0 amide bonds. The van der Waals surface area contributed by atoms with Crippen LogP contribution in [-0.2, 0) is 0 Å². The molecule has 0 radical (unpaired) electrons. The molecule has 0 aliphatic rings. The summed E-state index contributed by atoms with van der Waals surface area (Å²) in [5, 5.41) is 9.79. The van der Waals surface area contributed by atoms with Gasteiger partial charge in [0.05, 0.1) is 11.0 Å². The van der Waals surface area contributed by atoms with Crippen molar-refractivity contribution >= 4 is 38.0 Å². The molecule has 0 unspecified atom stereocenters. The summed E-state index contributed by atoms with van der Waals surface area (Å²) in [4.78, 5) is 8.97. The number of phenolic OH excluding ortho intramolecular Hbond substituents is 1. The lowest BCUT2D eigenvalue weighted by Gasteiger charge is -2.04. The molecule has 3 aromatic rings. The molecule has 0 saturated heterocycles. The predicted octanol–water partition coefficient (Wildman–Crippen LogP) is 3.56. The van der Waals surface area contributed by atoms with Crippen LogP contribution in [0.1, 0.15) is 5.56 Å². The van der Waals surface area contributed by atoms with E-state index >= 15 is 0 Å². The van der Waals surface area contributed by atoms with Crippen molar-refractivity contribution in [3.8, 4) is 5.75 Å². The monoisotopic (exact) mass is 288 g/mol. The molecule has 17 heavy (non-hydrogen) atoms. The van der Waals surface area contributed by atoms with Crippen LogP contribution < -0.4 is 0 Å². The van der Waals surface area contributed by atoms with Crippen LogP contribution in [-0.4, -0.2) is 15.1 Å². The van der Waals surface area contributed by atoms with Crippen molar-refractivity contribution in [2.24, 2.45) is 0 Å². The van der Waals surface area contributed by atoms with E-state index in [1.807, 2.05) is 25.1 Å². The molecule has 0 fully saturated rings. The fourth-order valence-electron chi connectivity index (χ4n) is 1.82. The lowest BCUT2D eigenvalue weighted by molar-refractivity contribution is 0.480. The van der Waals surface area contributed by atoms with Gasteiger partial charge in [0.2, 0.25) is 0 Å². The molecule has 1 heterocycles. The summed E-state index contributed by atoms with van der Waals surface area (Å²) in [6.07, 6.45) is 0. The molecular formula is C13H9BrN2O. The van der Waals surface area contributed by atoms with Crippen LogP contribution in [0, 0.1) is 6.92 Å². The number of aryl methyl sites for hydroxylation is 1. The third-order valence-corrected chi connectivity index (χ3v) is 3.32. The number of rotatable bonds is 0. The molecule has 3 rings (SSSR count). The van der Waals surface area contributed by atoms with Gasteiger partial charge in [0, 0.05) is 4.47 Å². The van der Waals surface area contributed by atoms with Crippen molar-refractivity contribution in [1.29, 1.82) is 0 Å². The van der Waals surface area contributed by atoms with Gasteiger partial charge in [-0.2, -0.15) is 0 Å². The summed E-state index contributed by atoms with van der Waals surface area (Å²) in [5.74, 6) is 0.151. The molecule has 0 saturated carbocycles. The maximum absolute atomic E-state index is 9.79. The average molecular weight is 289 g/mol. The van der Waals surface area contributed by atoms with Crippen LogP contribution in [0.2, 0.25) is 0 Å². The minimum absolute atomic E-state index is 0.151. The second-order valence-corrected chi connectivity index (χ2v) is 4.83. The highest BCUT2D eigenvalue weighted by atomic mass is 79.9. The van der Waals surface area contributed by atoms with Gasteiger partial charge in [0.15, 0.2) is 0 Å². The molecule has 0 bridgehead atoms. The van der Waals surface area contributed by atoms with Crippen LogP contribution in [0.5, 0.6) is 5.75 Å². The van der Waals surface area contributed by atoms with E-state index < -0.39 is 0 Å². The molecule has 0 aliphatic carbocycles. The van der Waals surface area contributed by atoms with Crippen molar-refractivity contribution in [1.82, 2.24) is 9.97 Å². The Bertz CT molecular complexity index is 740. The summed E-state index contributed by atoms with van der Waals surface area (Å²) in [7, 11) is 0. The van der Waals surface area contributed by atoms with Gasteiger partial charge in [-0.1, -0.05) is 6.07 Å². The second kappa shape index (κ2) is 3.67. The zero-order valence-corrected chi connectivity index (χ0v) is 10.7. The highest BCUT2D eigenvalue weighted by Gasteiger charge is 2.08. The van der Waals surface area contributed by atoms with E-state index in [9.17, 15) is 5.11 Å². The fraction of sp³-hybridized carbons (Fsp3) is 0.0769. The Kier molecular flexibility index (Phi) is 2.26. The van der Waals surface area contributed by atoms with Crippen molar-refractivity contribution in [2.45, 2.75) is 6.92 Å². The van der Waals surface area contributed by atoms with E-state index in [1.165, 1.54) is 0 Å². The number of nitrogens with zero attached hydrogens (tertiary/aromatic N) is 2. The maximum Gasteiger partial charge on any atom is 0.143 e. The molecule has 1 aromatic heterocycles. The third-order valence-electron chi connectivity index (χ3n) is 2.68. The van der Waals surface area contributed by atoms with E-state index in [0.717, 1.165) is 21.1 Å². The lowest BCUT2D eigenvalue weighted by atomic mass is 10.2. The summed E-state index contributed by atoms with van der Waals surface area (Å²) < 4.78 is 0.834. The van der Waals surface area contributed by atoms with E-state index in [4.69, 9.17) is 0 Å². The van der Waals surface area contributed by atoms with Gasteiger partial charge >= 0.3 is 0 Å². The smallest absolute Gasteiger partial charge is 0.143 e. The average Bonchev–Trinajstić information content (AvgIpc) is 2.32. The number of phenols is 1. The number of fused-ring (bicyclic) bond motifs is 2. The first-order valence-corrected chi connectivity index (χ1v) is 6.00. The molecular weight excluding hydrogens is 280 g/mol. The van der Waals surface area contributed by atoms with E-state index in [0.29, 0.717) is 11.0 Å². The zero-order valence-electron chi connectivity index (χ0n) is 9.11. The molecule has 0 atom stereocenters.